The highest BCUT2D eigenvalue weighted by Gasteiger charge is 2.47. The molecule has 0 radical (unpaired) electrons. The highest BCUT2D eigenvalue weighted by Crippen LogP contribution is 2.42. The molecule has 0 bridgehead atoms. The fourth-order valence-electron chi connectivity index (χ4n) is 2.15. The quantitative estimate of drug-likeness (QED) is 0.628. The van der Waals surface area contributed by atoms with Crippen LogP contribution in [-0.2, 0) is 4.79 Å². The Labute approximate surface area is 115 Å². The zero-order valence-electron chi connectivity index (χ0n) is 10.8. The van der Waals surface area contributed by atoms with Crippen LogP contribution in [0.4, 0.5) is 11.4 Å². The Hall–Kier alpha value is -2.62. The number of hydrogen-bond donors (Lipinski definition) is 2. The first-order chi connectivity index (χ1) is 9.38. The molecule has 0 heterocycles. The number of nitro groups is 1. The van der Waals surface area contributed by atoms with Gasteiger partial charge in [-0.3, -0.25) is 10.1 Å². The van der Waals surface area contributed by atoms with Gasteiger partial charge in [0.05, 0.1) is 4.92 Å². The topological polar surface area (TPSA) is 116 Å². The number of hydrogen-bond acceptors (Lipinski definition) is 5. The van der Waals surface area contributed by atoms with Crippen molar-refractivity contribution in [2.45, 2.75) is 25.3 Å². The summed E-state index contributed by atoms with van der Waals surface area (Å²) in [7, 11) is 0. The van der Waals surface area contributed by atoms with Gasteiger partial charge in [-0.25, -0.2) is 4.79 Å². The zero-order chi connectivity index (χ0) is 14.9. The number of carboxylic acid groups (broad SMARTS) is 1. The molecule has 0 spiro atoms. The smallest absolute Gasteiger partial charge is 0.329 e. The number of nitriles is 1. The Morgan fingerprint density at radius 2 is 2.25 bits per heavy atom. The van der Waals surface area contributed by atoms with Gasteiger partial charge < -0.3 is 10.4 Å². The summed E-state index contributed by atoms with van der Waals surface area (Å²) in [5.74, 6) is -0.947. The molecule has 0 aromatic heterocycles. The molecule has 0 aliphatic heterocycles. The van der Waals surface area contributed by atoms with Crippen molar-refractivity contribution in [2.75, 3.05) is 5.32 Å². The van der Waals surface area contributed by atoms with Gasteiger partial charge in [0.2, 0.25) is 0 Å². The molecule has 1 aliphatic carbocycles. The van der Waals surface area contributed by atoms with Gasteiger partial charge in [0.1, 0.15) is 17.2 Å². The minimum Gasteiger partial charge on any atom is -0.480 e. The van der Waals surface area contributed by atoms with E-state index in [4.69, 9.17) is 5.26 Å². The first kappa shape index (κ1) is 13.8. The Morgan fingerprint density at radius 1 is 1.60 bits per heavy atom. The standard InChI is InChI=1S/C13H13N3O4/c1-13(12(17)18,9-2-3-9)15-10-4-5-11(16(19)20)8(6-10)7-14/h4-6,9,15H,2-3H2,1H3,(H,17,18). The van der Waals surface area contributed by atoms with Crippen LogP contribution < -0.4 is 5.32 Å². The van der Waals surface area contributed by atoms with Crippen LogP contribution in [0.5, 0.6) is 0 Å². The number of carbonyl (C=O) groups is 1. The van der Waals surface area contributed by atoms with Crippen LogP contribution in [0.2, 0.25) is 0 Å². The average molecular weight is 275 g/mol. The zero-order valence-corrected chi connectivity index (χ0v) is 10.8. The first-order valence-corrected chi connectivity index (χ1v) is 6.08. The van der Waals surface area contributed by atoms with E-state index >= 15 is 0 Å². The molecule has 1 atom stereocenters. The second kappa shape index (κ2) is 4.81. The van der Waals surface area contributed by atoms with Gasteiger partial charge in [-0.05, 0) is 37.8 Å². The molecular weight excluding hydrogens is 262 g/mol. The fraction of sp³-hybridized carbons (Fsp3) is 0.385. The SMILES string of the molecule is CC(Nc1ccc([N+](=O)[O-])c(C#N)c1)(C(=O)O)C1CC1. The minimum atomic E-state index is -1.12. The summed E-state index contributed by atoms with van der Waals surface area (Å²) in [4.78, 5) is 21.5. The molecule has 20 heavy (non-hydrogen) atoms. The number of rotatable bonds is 5. The molecule has 104 valence electrons. The van der Waals surface area contributed by atoms with Gasteiger partial charge in [0.15, 0.2) is 0 Å². The van der Waals surface area contributed by atoms with Crippen molar-refractivity contribution < 1.29 is 14.8 Å². The summed E-state index contributed by atoms with van der Waals surface area (Å²) in [6, 6.07) is 5.68. The van der Waals surface area contributed by atoms with E-state index in [0.717, 1.165) is 12.8 Å². The lowest BCUT2D eigenvalue weighted by atomic mass is 9.95. The lowest BCUT2D eigenvalue weighted by molar-refractivity contribution is -0.385. The van der Waals surface area contributed by atoms with E-state index < -0.39 is 16.4 Å². The number of nitro benzene ring substituents is 1. The van der Waals surface area contributed by atoms with E-state index in [1.54, 1.807) is 13.0 Å². The van der Waals surface area contributed by atoms with E-state index in [1.165, 1.54) is 18.2 Å². The number of aliphatic carboxylic acids is 1. The maximum absolute atomic E-state index is 11.4. The van der Waals surface area contributed by atoms with E-state index in [-0.39, 0.29) is 17.2 Å². The predicted molar refractivity (Wildman–Crippen MR) is 70.2 cm³/mol. The second-order valence-corrected chi connectivity index (χ2v) is 5.01. The average Bonchev–Trinajstić information content (AvgIpc) is 3.22. The predicted octanol–water partition coefficient (Wildman–Crippen LogP) is 2.13. The lowest BCUT2D eigenvalue weighted by Gasteiger charge is -2.27. The lowest BCUT2D eigenvalue weighted by Crippen LogP contribution is -2.45. The normalized spacial score (nSPS) is 16.8. The first-order valence-electron chi connectivity index (χ1n) is 6.08. The number of anilines is 1. The van der Waals surface area contributed by atoms with E-state index in [1.807, 2.05) is 0 Å². The molecule has 7 nitrogen and oxygen atoms in total. The van der Waals surface area contributed by atoms with Crippen molar-refractivity contribution in [2.24, 2.45) is 5.92 Å². The van der Waals surface area contributed by atoms with Gasteiger partial charge in [0, 0.05) is 11.8 Å². The highest BCUT2D eigenvalue weighted by atomic mass is 16.6. The van der Waals surface area contributed by atoms with Gasteiger partial charge in [-0.2, -0.15) is 5.26 Å². The maximum Gasteiger partial charge on any atom is 0.329 e. The largest absolute Gasteiger partial charge is 0.480 e. The molecular formula is C13H13N3O4. The Morgan fingerprint density at radius 3 is 2.70 bits per heavy atom. The molecule has 1 aromatic rings. The molecule has 1 unspecified atom stereocenters. The molecule has 2 rings (SSSR count). The molecule has 1 saturated carbocycles. The second-order valence-electron chi connectivity index (χ2n) is 5.01. The molecule has 2 N–H and O–H groups in total. The van der Waals surface area contributed by atoms with Gasteiger partial charge >= 0.3 is 5.97 Å². The van der Waals surface area contributed by atoms with Crippen molar-refractivity contribution in [3.8, 4) is 6.07 Å². The number of carboxylic acids is 1. The maximum atomic E-state index is 11.4. The number of benzene rings is 1. The Kier molecular flexibility index (Phi) is 3.32. The molecule has 1 aromatic carbocycles. The van der Waals surface area contributed by atoms with Crippen LogP contribution in [0.15, 0.2) is 18.2 Å². The summed E-state index contributed by atoms with van der Waals surface area (Å²) >= 11 is 0. The molecule has 1 aliphatic rings. The fourth-order valence-corrected chi connectivity index (χ4v) is 2.15. The summed E-state index contributed by atoms with van der Waals surface area (Å²) in [6.45, 7) is 1.58. The number of nitrogens with one attached hydrogen (secondary N) is 1. The molecule has 0 amide bonds. The number of nitrogens with zero attached hydrogens (tertiary/aromatic N) is 2. The van der Waals surface area contributed by atoms with E-state index in [0.29, 0.717) is 5.69 Å². The van der Waals surface area contributed by atoms with E-state index in [9.17, 15) is 20.0 Å². The van der Waals surface area contributed by atoms with Crippen LogP contribution in [-0.4, -0.2) is 21.5 Å². The summed E-state index contributed by atoms with van der Waals surface area (Å²) in [5.41, 5.74) is -1.11. The van der Waals surface area contributed by atoms with Gasteiger partial charge in [-0.1, -0.05) is 0 Å². The van der Waals surface area contributed by atoms with Crippen LogP contribution in [0.1, 0.15) is 25.3 Å². The van der Waals surface area contributed by atoms with Crippen LogP contribution in [0, 0.1) is 27.4 Å². The Balaban J connectivity index is 2.32. The monoisotopic (exact) mass is 275 g/mol. The van der Waals surface area contributed by atoms with Crippen molar-refractivity contribution in [3.05, 3.63) is 33.9 Å². The minimum absolute atomic E-state index is 0.0285. The van der Waals surface area contributed by atoms with Crippen LogP contribution in [0.3, 0.4) is 0 Å². The van der Waals surface area contributed by atoms with Crippen molar-refractivity contribution in [1.29, 1.82) is 5.26 Å². The molecule has 0 saturated heterocycles. The summed E-state index contributed by atoms with van der Waals surface area (Å²) in [6.07, 6.45) is 1.65. The van der Waals surface area contributed by atoms with Gasteiger partial charge in [-0.15, -0.1) is 0 Å². The van der Waals surface area contributed by atoms with Crippen LogP contribution in [0.25, 0.3) is 0 Å². The van der Waals surface area contributed by atoms with Crippen molar-refractivity contribution in [3.63, 3.8) is 0 Å². The molecule has 1 fully saturated rings. The highest BCUT2D eigenvalue weighted by molar-refractivity contribution is 5.83. The summed E-state index contributed by atoms with van der Waals surface area (Å²) in [5, 5.41) is 31.9. The third kappa shape index (κ3) is 2.40. The Bertz CT molecular complexity index is 619. The van der Waals surface area contributed by atoms with Crippen molar-refractivity contribution in [1.82, 2.24) is 0 Å². The third-order valence-corrected chi connectivity index (χ3v) is 3.56. The van der Waals surface area contributed by atoms with E-state index in [2.05, 4.69) is 5.32 Å². The summed E-state index contributed by atoms with van der Waals surface area (Å²) < 4.78 is 0. The van der Waals surface area contributed by atoms with Crippen molar-refractivity contribution >= 4 is 17.3 Å². The molecule has 7 heteroatoms. The van der Waals surface area contributed by atoms with Gasteiger partial charge in [0.25, 0.3) is 5.69 Å². The van der Waals surface area contributed by atoms with Crippen LogP contribution >= 0.6 is 0 Å². The third-order valence-electron chi connectivity index (χ3n) is 3.56.